The lowest BCUT2D eigenvalue weighted by Crippen LogP contribution is -1.94. The van der Waals surface area contributed by atoms with Crippen molar-refractivity contribution in [2.24, 2.45) is 7.05 Å². The first kappa shape index (κ1) is 11.6. The predicted octanol–water partition coefficient (Wildman–Crippen LogP) is 2.64. The Morgan fingerprint density at radius 2 is 2.35 bits per heavy atom. The number of hydrogen-bond donors (Lipinski definition) is 0. The number of allylic oxidation sites excluding steroid dienone is 1. The standard InChI is InChI=1S/C12H9BrN4/c1-17-12(10(13)8-16-17)6-9(7-14)11-4-2-3-5-15-11/h2-6,8H,1H3/b9-6+. The fraction of sp³-hybridized carbons (Fsp3) is 0.0833. The van der Waals surface area contributed by atoms with Gasteiger partial charge in [0.2, 0.25) is 0 Å². The van der Waals surface area contributed by atoms with Crippen LogP contribution in [-0.4, -0.2) is 14.8 Å². The number of halogens is 1. The lowest BCUT2D eigenvalue weighted by atomic mass is 10.1. The second-order valence-corrected chi connectivity index (χ2v) is 4.24. The number of nitriles is 1. The summed E-state index contributed by atoms with van der Waals surface area (Å²) in [5.74, 6) is 0. The molecule has 0 N–H and O–H groups in total. The molecule has 0 atom stereocenters. The summed E-state index contributed by atoms with van der Waals surface area (Å²) in [6.07, 6.45) is 5.12. The van der Waals surface area contributed by atoms with Crippen LogP contribution in [0.25, 0.3) is 11.6 Å². The molecule has 0 aliphatic carbocycles. The van der Waals surface area contributed by atoms with Crippen LogP contribution in [0.5, 0.6) is 0 Å². The summed E-state index contributed by atoms with van der Waals surface area (Å²) in [4.78, 5) is 4.15. The van der Waals surface area contributed by atoms with Crippen molar-refractivity contribution in [1.29, 1.82) is 5.26 Å². The van der Waals surface area contributed by atoms with Gasteiger partial charge in [-0.1, -0.05) is 6.07 Å². The number of rotatable bonds is 2. The molecule has 2 rings (SSSR count). The molecule has 2 aromatic heterocycles. The van der Waals surface area contributed by atoms with E-state index in [4.69, 9.17) is 5.26 Å². The van der Waals surface area contributed by atoms with Gasteiger partial charge in [-0.05, 0) is 34.1 Å². The zero-order chi connectivity index (χ0) is 12.3. The van der Waals surface area contributed by atoms with Crippen molar-refractivity contribution in [3.8, 4) is 6.07 Å². The Labute approximate surface area is 107 Å². The molecule has 0 radical (unpaired) electrons. The van der Waals surface area contributed by atoms with Crippen LogP contribution >= 0.6 is 15.9 Å². The van der Waals surface area contributed by atoms with Crippen LogP contribution in [0.2, 0.25) is 0 Å². The molecule has 0 saturated heterocycles. The molecule has 0 aromatic carbocycles. The van der Waals surface area contributed by atoms with Gasteiger partial charge in [0.15, 0.2) is 0 Å². The molecule has 0 bridgehead atoms. The summed E-state index contributed by atoms with van der Waals surface area (Å²) >= 11 is 3.39. The molecule has 0 spiro atoms. The zero-order valence-electron chi connectivity index (χ0n) is 9.13. The Balaban J connectivity index is 2.48. The number of hydrogen-bond acceptors (Lipinski definition) is 3. The van der Waals surface area contributed by atoms with Crippen molar-refractivity contribution in [3.05, 3.63) is 46.5 Å². The number of aromatic nitrogens is 3. The SMILES string of the molecule is Cn1ncc(Br)c1/C=C(\C#N)c1ccccn1. The van der Waals surface area contributed by atoms with Gasteiger partial charge in [0.05, 0.1) is 27.6 Å². The van der Waals surface area contributed by atoms with Crippen LogP contribution in [0.1, 0.15) is 11.4 Å². The minimum Gasteiger partial charge on any atom is -0.267 e. The summed E-state index contributed by atoms with van der Waals surface area (Å²) < 4.78 is 2.55. The lowest BCUT2D eigenvalue weighted by Gasteiger charge is -1.99. The van der Waals surface area contributed by atoms with E-state index in [0.717, 1.165) is 10.2 Å². The third-order valence-corrected chi connectivity index (χ3v) is 2.89. The van der Waals surface area contributed by atoms with Gasteiger partial charge in [0, 0.05) is 13.2 Å². The molecule has 4 nitrogen and oxygen atoms in total. The molecule has 0 aliphatic heterocycles. The molecule has 0 unspecified atom stereocenters. The van der Waals surface area contributed by atoms with Crippen molar-refractivity contribution in [1.82, 2.24) is 14.8 Å². The first-order valence-electron chi connectivity index (χ1n) is 4.93. The van der Waals surface area contributed by atoms with Crippen LogP contribution in [0.15, 0.2) is 35.1 Å². The molecule has 0 aliphatic rings. The monoisotopic (exact) mass is 288 g/mol. The van der Waals surface area contributed by atoms with Crippen molar-refractivity contribution in [3.63, 3.8) is 0 Å². The summed E-state index contributed by atoms with van der Waals surface area (Å²) in [5.41, 5.74) is 2.00. The third kappa shape index (κ3) is 2.43. The van der Waals surface area contributed by atoms with Gasteiger partial charge in [0.25, 0.3) is 0 Å². The van der Waals surface area contributed by atoms with Gasteiger partial charge in [0.1, 0.15) is 6.07 Å². The smallest absolute Gasteiger partial charge is 0.101 e. The fourth-order valence-electron chi connectivity index (χ4n) is 1.40. The Kier molecular flexibility index (Phi) is 3.35. The predicted molar refractivity (Wildman–Crippen MR) is 68.6 cm³/mol. The van der Waals surface area contributed by atoms with E-state index in [1.807, 2.05) is 19.2 Å². The van der Waals surface area contributed by atoms with E-state index in [1.54, 1.807) is 29.2 Å². The fourth-order valence-corrected chi connectivity index (χ4v) is 1.87. The topological polar surface area (TPSA) is 54.5 Å². The molecule has 2 heterocycles. The quantitative estimate of drug-likeness (QED) is 0.799. The molecular formula is C12H9BrN4. The number of aryl methyl sites for hydroxylation is 1. The van der Waals surface area contributed by atoms with E-state index in [1.165, 1.54) is 0 Å². The average molecular weight is 289 g/mol. The van der Waals surface area contributed by atoms with Crippen molar-refractivity contribution < 1.29 is 0 Å². The van der Waals surface area contributed by atoms with Crippen LogP contribution in [0.4, 0.5) is 0 Å². The largest absolute Gasteiger partial charge is 0.267 e. The highest BCUT2D eigenvalue weighted by molar-refractivity contribution is 9.10. The Morgan fingerprint density at radius 1 is 1.53 bits per heavy atom. The van der Waals surface area contributed by atoms with E-state index in [2.05, 4.69) is 32.1 Å². The van der Waals surface area contributed by atoms with Crippen LogP contribution in [-0.2, 0) is 7.05 Å². The van der Waals surface area contributed by atoms with Gasteiger partial charge in [-0.2, -0.15) is 10.4 Å². The highest BCUT2D eigenvalue weighted by Gasteiger charge is 2.07. The van der Waals surface area contributed by atoms with Crippen molar-refractivity contribution >= 4 is 27.6 Å². The lowest BCUT2D eigenvalue weighted by molar-refractivity contribution is 0.759. The molecule has 5 heteroatoms. The first-order valence-corrected chi connectivity index (χ1v) is 5.72. The Morgan fingerprint density at radius 3 is 2.88 bits per heavy atom. The maximum Gasteiger partial charge on any atom is 0.101 e. The van der Waals surface area contributed by atoms with E-state index in [0.29, 0.717) is 11.3 Å². The summed E-state index contributed by atoms with van der Waals surface area (Å²) in [7, 11) is 1.82. The van der Waals surface area contributed by atoms with Gasteiger partial charge in [-0.25, -0.2) is 0 Å². The molecule has 17 heavy (non-hydrogen) atoms. The van der Waals surface area contributed by atoms with Crippen molar-refractivity contribution in [2.75, 3.05) is 0 Å². The molecule has 2 aromatic rings. The Hall–Kier alpha value is -1.93. The highest BCUT2D eigenvalue weighted by atomic mass is 79.9. The minimum absolute atomic E-state index is 0.509. The molecule has 0 saturated carbocycles. The maximum atomic E-state index is 9.16. The number of pyridine rings is 1. The summed E-state index contributed by atoms with van der Waals surface area (Å²) in [5, 5.41) is 13.2. The van der Waals surface area contributed by atoms with Gasteiger partial charge in [-0.3, -0.25) is 9.67 Å². The normalized spacial score (nSPS) is 11.2. The average Bonchev–Trinajstić information content (AvgIpc) is 2.68. The van der Waals surface area contributed by atoms with Gasteiger partial charge in [-0.15, -0.1) is 0 Å². The first-order chi connectivity index (χ1) is 8.22. The number of nitrogens with zero attached hydrogens (tertiary/aromatic N) is 4. The maximum absolute atomic E-state index is 9.16. The second-order valence-electron chi connectivity index (χ2n) is 3.39. The van der Waals surface area contributed by atoms with Crippen LogP contribution in [0.3, 0.4) is 0 Å². The second kappa shape index (κ2) is 4.93. The molecule has 84 valence electrons. The summed E-state index contributed by atoms with van der Waals surface area (Å²) in [6, 6.07) is 7.62. The zero-order valence-corrected chi connectivity index (χ0v) is 10.7. The third-order valence-electron chi connectivity index (χ3n) is 2.28. The van der Waals surface area contributed by atoms with E-state index in [-0.39, 0.29) is 0 Å². The molecular weight excluding hydrogens is 280 g/mol. The Bertz CT molecular complexity index is 573. The van der Waals surface area contributed by atoms with E-state index >= 15 is 0 Å². The van der Waals surface area contributed by atoms with Gasteiger partial charge >= 0.3 is 0 Å². The minimum atomic E-state index is 0.509. The van der Waals surface area contributed by atoms with E-state index in [9.17, 15) is 0 Å². The van der Waals surface area contributed by atoms with Gasteiger partial charge < -0.3 is 0 Å². The molecule has 0 fully saturated rings. The molecule has 0 amide bonds. The van der Waals surface area contributed by atoms with Crippen molar-refractivity contribution in [2.45, 2.75) is 0 Å². The van der Waals surface area contributed by atoms with Crippen LogP contribution < -0.4 is 0 Å². The van der Waals surface area contributed by atoms with E-state index < -0.39 is 0 Å². The van der Waals surface area contributed by atoms with Crippen LogP contribution in [0, 0.1) is 11.3 Å². The highest BCUT2D eigenvalue weighted by Crippen LogP contribution is 2.21. The summed E-state index contributed by atoms with van der Waals surface area (Å²) in [6.45, 7) is 0.